The summed E-state index contributed by atoms with van der Waals surface area (Å²) in [6, 6.07) is 8.21. The molecule has 4 heteroatoms. The Labute approximate surface area is 102 Å². The molecule has 1 saturated heterocycles. The van der Waals surface area contributed by atoms with E-state index in [1.165, 1.54) is 0 Å². The molecule has 2 N–H and O–H groups in total. The van der Waals surface area contributed by atoms with Gasteiger partial charge < -0.3 is 15.4 Å². The SMILES string of the molecule is CN(c1ccc(N)c(C#N)c1)C1CCOCC1. The van der Waals surface area contributed by atoms with E-state index < -0.39 is 0 Å². The lowest BCUT2D eigenvalue weighted by atomic mass is 10.1. The van der Waals surface area contributed by atoms with Gasteiger partial charge in [-0.25, -0.2) is 0 Å². The smallest absolute Gasteiger partial charge is 0.101 e. The van der Waals surface area contributed by atoms with Crippen LogP contribution >= 0.6 is 0 Å². The number of nitrogen functional groups attached to an aromatic ring is 1. The van der Waals surface area contributed by atoms with Crippen LogP contribution in [0.1, 0.15) is 18.4 Å². The van der Waals surface area contributed by atoms with Crippen LogP contribution in [0, 0.1) is 11.3 Å². The van der Waals surface area contributed by atoms with E-state index in [-0.39, 0.29) is 0 Å². The van der Waals surface area contributed by atoms with Gasteiger partial charge in [0.2, 0.25) is 0 Å². The third-order valence-corrected chi connectivity index (χ3v) is 3.30. The predicted molar refractivity (Wildman–Crippen MR) is 67.8 cm³/mol. The van der Waals surface area contributed by atoms with E-state index in [0.717, 1.165) is 31.7 Å². The maximum atomic E-state index is 8.97. The number of nitrogens with zero attached hydrogens (tertiary/aromatic N) is 2. The molecular weight excluding hydrogens is 214 g/mol. The zero-order chi connectivity index (χ0) is 12.3. The van der Waals surface area contributed by atoms with Gasteiger partial charge in [0, 0.05) is 37.7 Å². The molecule has 0 amide bonds. The zero-order valence-corrected chi connectivity index (χ0v) is 10.0. The van der Waals surface area contributed by atoms with E-state index >= 15 is 0 Å². The van der Waals surface area contributed by atoms with Gasteiger partial charge in [0.25, 0.3) is 0 Å². The van der Waals surface area contributed by atoms with Gasteiger partial charge in [-0.05, 0) is 31.0 Å². The van der Waals surface area contributed by atoms with E-state index in [2.05, 4.69) is 18.0 Å². The van der Waals surface area contributed by atoms with Crippen molar-refractivity contribution in [1.82, 2.24) is 0 Å². The summed E-state index contributed by atoms with van der Waals surface area (Å²) in [7, 11) is 2.06. The van der Waals surface area contributed by atoms with Crippen LogP contribution in [0.5, 0.6) is 0 Å². The van der Waals surface area contributed by atoms with Crippen molar-refractivity contribution < 1.29 is 4.74 Å². The van der Waals surface area contributed by atoms with E-state index in [0.29, 0.717) is 17.3 Å². The summed E-state index contributed by atoms with van der Waals surface area (Å²) in [4.78, 5) is 2.21. The molecule has 0 aromatic heterocycles. The minimum atomic E-state index is 0.485. The van der Waals surface area contributed by atoms with Gasteiger partial charge in [-0.2, -0.15) is 5.26 Å². The van der Waals surface area contributed by atoms with E-state index in [9.17, 15) is 0 Å². The highest BCUT2D eigenvalue weighted by Gasteiger charge is 2.19. The third kappa shape index (κ3) is 2.51. The average Bonchev–Trinajstić information content (AvgIpc) is 2.39. The number of hydrogen-bond acceptors (Lipinski definition) is 4. The van der Waals surface area contributed by atoms with Crippen molar-refractivity contribution in [3.05, 3.63) is 23.8 Å². The molecule has 0 bridgehead atoms. The normalized spacial score (nSPS) is 16.5. The van der Waals surface area contributed by atoms with Crippen LogP contribution in [0.25, 0.3) is 0 Å². The average molecular weight is 231 g/mol. The fourth-order valence-electron chi connectivity index (χ4n) is 2.14. The second-order valence-electron chi connectivity index (χ2n) is 4.34. The fourth-order valence-corrected chi connectivity index (χ4v) is 2.14. The number of benzene rings is 1. The molecule has 1 aliphatic rings. The van der Waals surface area contributed by atoms with E-state index in [4.69, 9.17) is 15.7 Å². The number of anilines is 2. The first-order chi connectivity index (χ1) is 8.22. The largest absolute Gasteiger partial charge is 0.398 e. The van der Waals surface area contributed by atoms with Crippen molar-refractivity contribution in [2.24, 2.45) is 0 Å². The molecule has 0 spiro atoms. The molecule has 0 aliphatic carbocycles. The van der Waals surface area contributed by atoms with Crippen molar-refractivity contribution in [2.45, 2.75) is 18.9 Å². The Bertz CT molecular complexity index is 433. The summed E-state index contributed by atoms with van der Waals surface area (Å²) in [6.45, 7) is 1.63. The summed E-state index contributed by atoms with van der Waals surface area (Å²) < 4.78 is 5.35. The molecule has 17 heavy (non-hydrogen) atoms. The molecular formula is C13H17N3O. The van der Waals surface area contributed by atoms with Crippen LogP contribution in [0.3, 0.4) is 0 Å². The Balaban J connectivity index is 2.18. The third-order valence-electron chi connectivity index (χ3n) is 3.30. The van der Waals surface area contributed by atoms with Crippen molar-refractivity contribution in [1.29, 1.82) is 5.26 Å². The minimum Gasteiger partial charge on any atom is -0.398 e. The van der Waals surface area contributed by atoms with Crippen LogP contribution in [-0.4, -0.2) is 26.3 Å². The first-order valence-corrected chi connectivity index (χ1v) is 5.82. The van der Waals surface area contributed by atoms with Gasteiger partial charge in [-0.3, -0.25) is 0 Å². The Morgan fingerprint density at radius 1 is 1.41 bits per heavy atom. The minimum absolute atomic E-state index is 0.485. The number of ether oxygens (including phenoxy) is 1. The van der Waals surface area contributed by atoms with Crippen LogP contribution in [-0.2, 0) is 4.74 Å². The Hall–Kier alpha value is -1.73. The molecule has 0 unspecified atom stereocenters. The molecule has 1 fully saturated rings. The lowest BCUT2D eigenvalue weighted by Gasteiger charge is -2.33. The van der Waals surface area contributed by atoms with Crippen LogP contribution in [0.15, 0.2) is 18.2 Å². The Morgan fingerprint density at radius 3 is 2.76 bits per heavy atom. The lowest BCUT2D eigenvalue weighted by Crippen LogP contribution is -2.36. The van der Waals surface area contributed by atoms with Crippen molar-refractivity contribution in [3.63, 3.8) is 0 Å². The van der Waals surface area contributed by atoms with Crippen molar-refractivity contribution in [2.75, 3.05) is 30.9 Å². The lowest BCUT2D eigenvalue weighted by molar-refractivity contribution is 0.0855. The standard InChI is InChI=1S/C13H17N3O/c1-16(11-4-6-17-7-5-11)12-2-3-13(15)10(8-12)9-14/h2-3,8,11H,4-7,15H2,1H3. The quantitative estimate of drug-likeness (QED) is 0.788. The molecule has 90 valence electrons. The Morgan fingerprint density at radius 2 is 2.12 bits per heavy atom. The van der Waals surface area contributed by atoms with Crippen LogP contribution in [0.4, 0.5) is 11.4 Å². The summed E-state index contributed by atoms with van der Waals surface area (Å²) in [6.07, 6.45) is 2.06. The van der Waals surface area contributed by atoms with Gasteiger partial charge in [0.1, 0.15) is 6.07 Å². The van der Waals surface area contributed by atoms with Gasteiger partial charge in [-0.15, -0.1) is 0 Å². The van der Waals surface area contributed by atoms with E-state index in [1.807, 2.05) is 12.1 Å². The van der Waals surface area contributed by atoms with Crippen LogP contribution < -0.4 is 10.6 Å². The number of rotatable bonds is 2. The summed E-state index contributed by atoms with van der Waals surface area (Å²) in [5.74, 6) is 0. The summed E-state index contributed by atoms with van der Waals surface area (Å²) >= 11 is 0. The van der Waals surface area contributed by atoms with E-state index in [1.54, 1.807) is 6.07 Å². The molecule has 1 aliphatic heterocycles. The first-order valence-electron chi connectivity index (χ1n) is 5.82. The fraction of sp³-hybridized carbons (Fsp3) is 0.462. The second kappa shape index (κ2) is 5.07. The topological polar surface area (TPSA) is 62.3 Å². The highest BCUT2D eigenvalue weighted by atomic mass is 16.5. The van der Waals surface area contributed by atoms with Gasteiger partial charge in [0.05, 0.1) is 5.56 Å². The predicted octanol–water partition coefficient (Wildman–Crippen LogP) is 1.76. The van der Waals surface area contributed by atoms with Crippen LogP contribution in [0.2, 0.25) is 0 Å². The monoisotopic (exact) mass is 231 g/mol. The van der Waals surface area contributed by atoms with Gasteiger partial charge >= 0.3 is 0 Å². The molecule has 0 radical (unpaired) electrons. The highest BCUT2D eigenvalue weighted by molar-refractivity contribution is 5.62. The number of nitriles is 1. The first kappa shape index (κ1) is 11.7. The van der Waals surface area contributed by atoms with Crippen molar-refractivity contribution in [3.8, 4) is 6.07 Å². The second-order valence-corrected chi connectivity index (χ2v) is 4.34. The molecule has 0 atom stereocenters. The maximum absolute atomic E-state index is 8.97. The maximum Gasteiger partial charge on any atom is 0.101 e. The number of hydrogen-bond donors (Lipinski definition) is 1. The summed E-state index contributed by atoms with van der Waals surface area (Å²) in [5, 5.41) is 8.97. The molecule has 1 aromatic rings. The van der Waals surface area contributed by atoms with Gasteiger partial charge in [0.15, 0.2) is 0 Å². The molecule has 2 rings (SSSR count). The Kier molecular flexibility index (Phi) is 3.50. The molecule has 4 nitrogen and oxygen atoms in total. The number of nitrogens with two attached hydrogens (primary N) is 1. The molecule has 1 heterocycles. The summed E-state index contributed by atoms with van der Waals surface area (Å²) in [5.41, 5.74) is 7.84. The zero-order valence-electron chi connectivity index (χ0n) is 10.0. The highest BCUT2D eigenvalue weighted by Crippen LogP contribution is 2.24. The van der Waals surface area contributed by atoms with Crippen molar-refractivity contribution >= 4 is 11.4 Å². The molecule has 0 saturated carbocycles. The molecule has 1 aromatic carbocycles. The van der Waals surface area contributed by atoms with Gasteiger partial charge in [-0.1, -0.05) is 0 Å².